The van der Waals surface area contributed by atoms with E-state index in [-0.39, 0.29) is 0 Å². The maximum absolute atomic E-state index is 11.0. The van der Waals surface area contributed by atoms with Gasteiger partial charge in [0.05, 0.1) is 0 Å². The van der Waals surface area contributed by atoms with E-state index >= 15 is 0 Å². The molecule has 2 heteroatoms. The number of hydrogen-bond acceptors (Lipinski definition) is 2. The van der Waals surface area contributed by atoms with Gasteiger partial charge in [0.2, 0.25) is 0 Å². The molecule has 0 aliphatic rings. The molecule has 0 heterocycles. The van der Waals surface area contributed by atoms with Gasteiger partial charge in [-0.05, 0) is 48.7 Å². The number of carbonyl (C=O) groups excluding carboxylic acids is 1. The van der Waals surface area contributed by atoms with E-state index < -0.39 is 0 Å². The fourth-order valence-corrected chi connectivity index (χ4v) is 1.98. The highest BCUT2D eigenvalue weighted by Gasteiger charge is 2.07. The minimum Gasteiger partial charge on any atom is -0.457 e. The summed E-state index contributed by atoms with van der Waals surface area (Å²) >= 11 is 0. The molecule has 0 radical (unpaired) electrons. The Hall–Kier alpha value is -2.09. The monoisotopic (exact) mass is 240 g/mol. The van der Waals surface area contributed by atoms with Crippen molar-refractivity contribution >= 4 is 6.29 Å². The second-order valence-corrected chi connectivity index (χ2v) is 4.20. The maximum Gasteiger partial charge on any atom is 0.150 e. The van der Waals surface area contributed by atoms with Crippen LogP contribution in [-0.4, -0.2) is 6.29 Å². The average Bonchev–Trinajstić information content (AvgIpc) is 2.39. The molecule has 0 atom stereocenters. The molecule has 0 bridgehead atoms. The summed E-state index contributed by atoms with van der Waals surface area (Å²) in [5, 5.41) is 0. The number of aldehydes is 1. The molecule has 0 unspecified atom stereocenters. The van der Waals surface area contributed by atoms with Crippen molar-refractivity contribution in [2.24, 2.45) is 0 Å². The molecule has 0 saturated heterocycles. The number of benzene rings is 2. The van der Waals surface area contributed by atoms with Crippen molar-refractivity contribution in [2.75, 3.05) is 0 Å². The predicted molar refractivity (Wildman–Crippen MR) is 72.5 cm³/mol. The molecule has 0 amide bonds. The Morgan fingerprint density at radius 2 is 1.83 bits per heavy atom. The summed E-state index contributed by atoms with van der Waals surface area (Å²) in [6.45, 7) is 3.97. The first-order chi connectivity index (χ1) is 8.74. The standard InChI is InChI=1S/C16H16O2/c1-3-13-10-15(9-12(2)16(13)11-17)18-14-7-5-4-6-8-14/h4-11H,3H2,1-2H3. The van der Waals surface area contributed by atoms with E-state index in [4.69, 9.17) is 4.74 Å². The van der Waals surface area contributed by atoms with Crippen LogP contribution in [0.4, 0.5) is 0 Å². The zero-order valence-corrected chi connectivity index (χ0v) is 10.6. The largest absolute Gasteiger partial charge is 0.457 e. The quantitative estimate of drug-likeness (QED) is 0.750. The Labute approximate surface area is 107 Å². The highest BCUT2D eigenvalue weighted by atomic mass is 16.5. The summed E-state index contributed by atoms with van der Waals surface area (Å²) in [7, 11) is 0. The van der Waals surface area contributed by atoms with Crippen molar-refractivity contribution in [1.82, 2.24) is 0 Å². The zero-order valence-electron chi connectivity index (χ0n) is 10.6. The van der Waals surface area contributed by atoms with Crippen molar-refractivity contribution in [3.8, 4) is 11.5 Å². The molecular weight excluding hydrogens is 224 g/mol. The summed E-state index contributed by atoms with van der Waals surface area (Å²) in [6.07, 6.45) is 1.74. The van der Waals surface area contributed by atoms with Gasteiger partial charge in [0.15, 0.2) is 6.29 Å². The molecule has 0 aliphatic carbocycles. The second-order valence-electron chi connectivity index (χ2n) is 4.20. The van der Waals surface area contributed by atoms with E-state index in [0.29, 0.717) is 0 Å². The fraction of sp³-hybridized carbons (Fsp3) is 0.188. The molecular formula is C16H16O2. The molecule has 0 fully saturated rings. The van der Waals surface area contributed by atoms with Gasteiger partial charge in [0.25, 0.3) is 0 Å². The summed E-state index contributed by atoms with van der Waals surface area (Å²) < 4.78 is 5.79. The minimum atomic E-state index is 0.776. The molecule has 2 rings (SSSR count). The minimum absolute atomic E-state index is 0.776. The Morgan fingerprint density at radius 1 is 1.11 bits per heavy atom. The first kappa shape index (κ1) is 12.4. The van der Waals surface area contributed by atoms with Gasteiger partial charge in [-0.25, -0.2) is 0 Å². The SMILES string of the molecule is CCc1cc(Oc2ccccc2)cc(C)c1C=O. The van der Waals surface area contributed by atoms with E-state index in [1.807, 2.05) is 56.3 Å². The topological polar surface area (TPSA) is 26.3 Å². The van der Waals surface area contributed by atoms with Crippen LogP contribution in [0.2, 0.25) is 0 Å². The number of ether oxygens (including phenoxy) is 1. The van der Waals surface area contributed by atoms with Crippen LogP contribution in [0.25, 0.3) is 0 Å². The zero-order chi connectivity index (χ0) is 13.0. The molecule has 0 aromatic heterocycles. The van der Waals surface area contributed by atoms with E-state index in [9.17, 15) is 4.79 Å². The van der Waals surface area contributed by atoms with Crippen molar-refractivity contribution in [2.45, 2.75) is 20.3 Å². The van der Waals surface area contributed by atoms with Gasteiger partial charge in [0.1, 0.15) is 11.5 Å². The van der Waals surface area contributed by atoms with Gasteiger partial charge >= 0.3 is 0 Å². The summed E-state index contributed by atoms with van der Waals surface area (Å²) in [5.41, 5.74) is 2.75. The van der Waals surface area contributed by atoms with Crippen LogP contribution in [0.1, 0.15) is 28.4 Å². The van der Waals surface area contributed by atoms with Crippen molar-refractivity contribution in [3.63, 3.8) is 0 Å². The molecule has 2 aromatic rings. The molecule has 0 N–H and O–H groups in total. The fourth-order valence-electron chi connectivity index (χ4n) is 1.98. The lowest BCUT2D eigenvalue weighted by Gasteiger charge is -2.11. The lowest BCUT2D eigenvalue weighted by atomic mass is 10.0. The van der Waals surface area contributed by atoms with Crippen molar-refractivity contribution in [3.05, 3.63) is 59.2 Å². The van der Waals surface area contributed by atoms with E-state index in [0.717, 1.165) is 40.9 Å². The molecule has 0 spiro atoms. The van der Waals surface area contributed by atoms with Gasteiger partial charge in [-0.2, -0.15) is 0 Å². The maximum atomic E-state index is 11.0. The van der Waals surface area contributed by atoms with Crippen LogP contribution in [0, 0.1) is 6.92 Å². The van der Waals surface area contributed by atoms with Crippen molar-refractivity contribution in [1.29, 1.82) is 0 Å². The smallest absolute Gasteiger partial charge is 0.150 e. The summed E-state index contributed by atoms with van der Waals surface area (Å²) in [4.78, 5) is 11.0. The highest BCUT2D eigenvalue weighted by molar-refractivity contribution is 5.80. The van der Waals surface area contributed by atoms with Crippen LogP contribution in [0.15, 0.2) is 42.5 Å². The second kappa shape index (κ2) is 5.50. The predicted octanol–water partition coefficient (Wildman–Crippen LogP) is 4.16. The third-order valence-corrected chi connectivity index (χ3v) is 2.92. The van der Waals surface area contributed by atoms with E-state index in [1.54, 1.807) is 0 Å². The molecule has 2 aromatic carbocycles. The van der Waals surface area contributed by atoms with Gasteiger partial charge < -0.3 is 4.74 Å². The van der Waals surface area contributed by atoms with Gasteiger partial charge in [-0.1, -0.05) is 25.1 Å². The van der Waals surface area contributed by atoms with Crippen molar-refractivity contribution < 1.29 is 9.53 Å². The normalized spacial score (nSPS) is 10.1. The van der Waals surface area contributed by atoms with Gasteiger partial charge in [-0.3, -0.25) is 4.79 Å². The highest BCUT2D eigenvalue weighted by Crippen LogP contribution is 2.26. The van der Waals surface area contributed by atoms with Crippen LogP contribution >= 0.6 is 0 Å². The molecule has 0 saturated carbocycles. The lowest BCUT2D eigenvalue weighted by Crippen LogP contribution is -1.96. The Kier molecular flexibility index (Phi) is 3.78. The van der Waals surface area contributed by atoms with Gasteiger partial charge in [0, 0.05) is 5.56 Å². The molecule has 18 heavy (non-hydrogen) atoms. The molecule has 92 valence electrons. The third kappa shape index (κ3) is 2.59. The van der Waals surface area contributed by atoms with Crippen LogP contribution in [0.3, 0.4) is 0 Å². The summed E-state index contributed by atoms with van der Waals surface area (Å²) in [6, 6.07) is 13.5. The number of aryl methyl sites for hydroxylation is 2. The Morgan fingerprint density at radius 3 is 2.44 bits per heavy atom. The molecule has 0 aliphatic heterocycles. The number of rotatable bonds is 4. The third-order valence-electron chi connectivity index (χ3n) is 2.92. The van der Waals surface area contributed by atoms with E-state index in [1.165, 1.54) is 0 Å². The molecule has 2 nitrogen and oxygen atoms in total. The Bertz CT molecular complexity index is 545. The number of hydrogen-bond donors (Lipinski definition) is 0. The van der Waals surface area contributed by atoms with Gasteiger partial charge in [-0.15, -0.1) is 0 Å². The first-order valence-electron chi connectivity index (χ1n) is 6.06. The number of carbonyl (C=O) groups is 1. The van der Waals surface area contributed by atoms with Crippen LogP contribution in [-0.2, 0) is 6.42 Å². The van der Waals surface area contributed by atoms with E-state index in [2.05, 4.69) is 0 Å². The average molecular weight is 240 g/mol. The number of para-hydroxylation sites is 1. The first-order valence-corrected chi connectivity index (χ1v) is 6.06. The lowest BCUT2D eigenvalue weighted by molar-refractivity contribution is 0.112. The van der Waals surface area contributed by atoms with Crippen LogP contribution < -0.4 is 4.74 Å². The van der Waals surface area contributed by atoms with Crippen LogP contribution in [0.5, 0.6) is 11.5 Å². The summed E-state index contributed by atoms with van der Waals surface area (Å²) in [5.74, 6) is 1.58. The Balaban J connectivity index is 2.35.